The van der Waals surface area contributed by atoms with Gasteiger partial charge in [0, 0.05) is 39.4 Å². The van der Waals surface area contributed by atoms with E-state index < -0.39 is 0 Å². The molecule has 1 aliphatic heterocycles. The molecule has 1 fully saturated rings. The largest absolute Gasteiger partial charge is 0.357 e. The highest BCUT2D eigenvalue weighted by atomic mass is 127. The average molecular weight is 459 g/mol. The SMILES string of the molecule is CCCCCNC(=NC)NCc1ccc(N2CCCCCC2)nc1.I. The molecule has 2 N–H and O–H groups in total. The van der Waals surface area contributed by atoms with Crippen LogP contribution in [-0.2, 0) is 6.54 Å². The number of pyridine rings is 1. The number of hydrogen-bond acceptors (Lipinski definition) is 3. The first-order valence-electron chi connectivity index (χ1n) is 9.48. The lowest BCUT2D eigenvalue weighted by Gasteiger charge is -2.21. The van der Waals surface area contributed by atoms with Crippen molar-refractivity contribution in [3.8, 4) is 0 Å². The van der Waals surface area contributed by atoms with Crippen LogP contribution in [0.2, 0.25) is 0 Å². The third kappa shape index (κ3) is 8.25. The molecule has 0 saturated carbocycles. The molecule has 0 bridgehead atoms. The Balaban J connectivity index is 0.00000312. The zero-order valence-electron chi connectivity index (χ0n) is 15.8. The number of aromatic nitrogens is 1. The van der Waals surface area contributed by atoms with Crippen molar-refractivity contribution in [1.82, 2.24) is 15.6 Å². The Labute approximate surface area is 170 Å². The molecule has 0 spiro atoms. The standard InChI is InChI=1S/C19H33N5.HI/c1-3-4-7-12-21-19(20-2)23-16-17-10-11-18(22-15-17)24-13-8-5-6-9-14-24;/h10-11,15H,3-9,12-14,16H2,1-2H3,(H2,20,21,23);1H. The van der Waals surface area contributed by atoms with Gasteiger partial charge in [-0.3, -0.25) is 4.99 Å². The predicted octanol–water partition coefficient (Wildman–Crippen LogP) is 3.94. The van der Waals surface area contributed by atoms with E-state index in [2.05, 4.69) is 44.6 Å². The Morgan fingerprint density at radius 2 is 1.88 bits per heavy atom. The fourth-order valence-electron chi connectivity index (χ4n) is 3.00. The van der Waals surface area contributed by atoms with E-state index in [1.807, 2.05) is 13.2 Å². The normalized spacial score (nSPS) is 15.3. The summed E-state index contributed by atoms with van der Waals surface area (Å²) in [5.41, 5.74) is 1.19. The number of halogens is 1. The van der Waals surface area contributed by atoms with Crippen molar-refractivity contribution >= 4 is 35.8 Å². The molecule has 0 atom stereocenters. The summed E-state index contributed by atoms with van der Waals surface area (Å²) >= 11 is 0. The minimum atomic E-state index is 0. The van der Waals surface area contributed by atoms with E-state index in [4.69, 9.17) is 0 Å². The molecular weight excluding hydrogens is 425 g/mol. The van der Waals surface area contributed by atoms with E-state index in [1.54, 1.807) is 0 Å². The molecule has 6 heteroatoms. The lowest BCUT2D eigenvalue weighted by Crippen LogP contribution is -2.37. The summed E-state index contributed by atoms with van der Waals surface area (Å²) in [6, 6.07) is 4.32. The van der Waals surface area contributed by atoms with E-state index in [-0.39, 0.29) is 24.0 Å². The number of unbranched alkanes of at least 4 members (excludes halogenated alkanes) is 2. The van der Waals surface area contributed by atoms with Crippen molar-refractivity contribution < 1.29 is 0 Å². The molecule has 2 heterocycles. The fourth-order valence-corrected chi connectivity index (χ4v) is 3.00. The zero-order valence-corrected chi connectivity index (χ0v) is 18.1. The molecule has 5 nitrogen and oxygen atoms in total. The van der Waals surface area contributed by atoms with Crippen molar-refractivity contribution in [3.63, 3.8) is 0 Å². The third-order valence-corrected chi connectivity index (χ3v) is 4.50. The minimum absolute atomic E-state index is 0. The maximum absolute atomic E-state index is 4.66. The highest BCUT2D eigenvalue weighted by molar-refractivity contribution is 14.0. The highest BCUT2D eigenvalue weighted by Crippen LogP contribution is 2.17. The summed E-state index contributed by atoms with van der Waals surface area (Å²) < 4.78 is 0. The molecule has 1 aromatic rings. The fraction of sp³-hybridized carbons (Fsp3) is 0.684. The van der Waals surface area contributed by atoms with Gasteiger partial charge in [-0.1, -0.05) is 38.7 Å². The molecule has 0 aliphatic carbocycles. The molecule has 0 unspecified atom stereocenters. The molecule has 142 valence electrons. The summed E-state index contributed by atoms with van der Waals surface area (Å²) in [6.45, 7) is 6.22. The Morgan fingerprint density at radius 3 is 2.48 bits per heavy atom. The van der Waals surface area contributed by atoms with Gasteiger partial charge in [-0.15, -0.1) is 24.0 Å². The van der Waals surface area contributed by atoms with Crippen LogP contribution in [0.15, 0.2) is 23.3 Å². The Hall–Kier alpha value is -1.05. The van der Waals surface area contributed by atoms with Gasteiger partial charge in [0.1, 0.15) is 5.82 Å². The van der Waals surface area contributed by atoms with Crippen LogP contribution >= 0.6 is 24.0 Å². The van der Waals surface area contributed by atoms with Gasteiger partial charge < -0.3 is 15.5 Å². The summed E-state index contributed by atoms with van der Waals surface area (Å²) in [5, 5.41) is 6.71. The monoisotopic (exact) mass is 459 g/mol. The highest BCUT2D eigenvalue weighted by Gasteiger charge is 2.10. The van der Waals surface area contributed by atoms with Gasteiger partial charge in [0.2, 0.25) is 0 Å². The van der Waals surface area contributed by atoms with Crippen LogP contribution in [-0.4, -0.2) is 37.6 Å². The van der Waals surface area contributed by atoms with Gasteiger partial charge in [-0.25, -0.2) is 4.98 Å². The van der Waals surface area contributed by atoms with Gasteiger partial charge in [-0.2, -0.15) is 0 Å². The van der Waals surface area contributed by atoms with Crippen molar-refractivity contribution in [1.29, 1.82) is 0 Å². The molecule has 0 aromatic carbocycles. The van der Waals surface area contributed by atoms with Crippen LogP contribution in [0.1, 0.15) is 57.4 Å². The first-order chi connectivity index (χ1) is 11.8. The number of guanidine groups is 1. The average Bonchev–Trinajstić information content (AvgIpc) is 2.91. The molecule has 1 aliphatic rings. The number of nitrogens with zero attached hydrogens (tertiary/aromatic N) is 3. The number of rotatable bonds is 7. The van der Waals surface area contributed by atoms with Crippen LogP contribution in [0.4, 0.5) is 5.82 Å². The molecule has 1 aromatic heterocycles. The Bertz CT molecular complexity index is 481. The number of anilines is 1. The van der Waals surface area contributed by atoms with Crippen molar-refractivity contribution in [2.24, 2.45) is 4.99 Å². The second-order valence-electron chi connectivity index (χ2n) is 6.49. The molecular formula is C19H34IN5. The quantitative estimate of drug-likeness (QED) is 0.281. The summed E-state index contributed by atoms with van der Waals surface area (Å²) in [4.78, 5) is 11.3. The Kier molecular flexibility index (Phi) is 11.6. The van der Waals surface area contributed by atoms with Gasteiger partial charge in [-0.05, 0) is 30.9 Å². The Morgan fingerprint density at radius 1 is 1.12 bits per heavy atom. The maximum atomic E-state index is 4.66. The van der Waals surface area contributed by atoms with E-state index in [0.29, 0.717) is 0 Å². The van der Waals surface area contributed by atoms with Gasteiger partial charge in [0.05, 0.1) is 0 Å². The lowest BCUT2D eigenvalue weighted by atomic mass is 10.2. The number of aliphatic imine (C=N–C) groups is 1. The van der Waals surface area contributed by atoms with Crippen LogP contribution in [0.3, 0.4) is 0 Å². The lowest BCUT2D eigenvalue weighted by molar-refractivity contribution is 0.682. The van der Waals surface area contributed by atoms with Crippen LogP contribution < -0.4 is 15.5 Å². The van der Waals surface area contributed by atoms with Crippen molar-refractivity contribution in [2.45, 2.75) is 58.4 Å². The molecule has 1 saturated heterocycles. The van der Waals surface area contributed by atoms with Gasteiger partial charge in [0.15, 0.2) is 5.96 Å². The van der Waals surface area contributed by atoms with Gasteiger partial charge in [0.25, 0.3) is 0 Å². The minimum Gasteiger partial charge on any atom is -0.357 e. The van der Waals surface area contributed by atoms with Crippen LogP contribution in [0.5, 0.6) is 0 Å². The van der Waals surface area contributed by atoms with E-state index in [9.17, 15) is 0 Å². The molecule has 2 rings (SSSR count). The molecule has 0 radical (unpaired) electrons. The number of hydrogen-bond donors (Lipinski definition) is 2. The summed E-state index contributed by atoms with van der Waals surface area (Å²) in [5.74, 6) is 1.98. The first-order valence-corrected chi connectivity index (χ1v) is 9.48. The maximum Gasteiger partial charge on any atom is 0.191 e. The molecule has 0 amide bonds. The summed E-state index contributed by atoms with van der Waals surface area (Å²) in [6.07, 6.45) is 10.9. The van der Waals surface area contributed by atoms with Crippen molar-refractivity contribution in [2.75, 3.05) is 31.6 Å². The third-order valence-electron chi connectivity index (χ3n) is 4.50. The second-order valence-corrected chi connectivity index (χ2v) is 6.49. The number of nitrogens with one attached hydrogen (secondary N) is 2. The van der Waals surface area contributed by atoms with E-state index in [0.717, 1.165) is 38.0 Å². The smallest absolute Gasteiger partial charge is 0.191 e. The van der Waals surface area contributed by atoms with Gasteiger partial charge >= 0.3 is 0 Å². The predicted molar refractivity (Wildman–Crippen MR) is 118 cm³/mol. The van der Waals surface area contributed by atoms with Crippen LogP contribution in [0, 0.1) is 0 Å². The summed E-state index contributed by atoms with van der Waals surface area (Å²) in [7, 11) is 1.82. The van der Waals surface area contributed by atoms with Crippen molar-refractivity contribution in [3.05, 3.63) is 23.9 Å². The van der Waals surface area contributed by atoms with Crippen LogP contribution in [0.25, 0.3) is 0 Å². The van der Waals surface area contributed by atoms with E-state index >= 15 is 0 Å². The first kappa shape index (κ1) is 22.0. The van der Waals surface area contributed by atoms with E-state index in [1.165, 1.54) is 50.5 Å². The molecule has 25 heavy (non-hydrogen) atoms. The topological polar surface area (TPSA) is 52.6 Å². The zero-order chi connectivity index (χ0) is 17.0. The second kappa shape index (κ2) is 13.2.